The molecule has 0 aliphatic heterocycles. The number of aromatic amines is 1. The number of aromatic nitrogens is 4. The maximum atomic E-state index is 5.57. The van der Waals surface area contributed by atoms with Crippen LogP contribution in [-0.2, 0) is 0 Å². The van der Waals surface area contributed by atoms with Gasteiger partial charge in [-0.2, -0.15) is 5.10 Å². The molecule has 5 nitrogen and oxygen atoms in total. The number of benzene rings is 1. The largest absolute Gasteiger partial charge is 0.494 e. The maximum Gasteiger partial charge on any atom is 0.121 e. The van der Waals surface area contributed by atoms with Gasteiger partial charge >= 0.3 is 0 Å². The van der Waals surface area contributed by atoms with E-state index in [2.05, 4.69) is 20.2 Å². The van der Waals surface area contributed by atoms with Gasteiger partial charge in [0.15, 0.2) is 0 Å². The van der Waals surface area contributed by atoms with Crippen molar-refractivity contribution in [1.82, 2.24) is 20.2 Å². The summed E-state index contributed by atoms with van der Waals surface area (Å²) in [6.45, 7) is 2.61. The lowest BCUT2D eigenvalue weighted by Crippen LogP contribution is -1.92. The maximum absolute atomic E-state index is 5.57. The van der Waals surface area contributed by atoms with Crippen molar-refractivity contribution in [1.29, 1.82) is 0 Å². The van der Waals surface area contributed by atoms with Crippen LogP contribution in [-0.4, -0.2) is 26.8 Å². The Kier molecular flexibility index (Phi) is 3.67. The van der Waals surface area contributed by atoms with E-state index in [-0.39, 0.29) is 0 Å². The van der Waals surface area contributed by atoms with E-state index in [4.69, 9.17) is 4.74 Å². The summed E-state index contributed by atoms with van der Waals surface area (Å²) in [6, 6.07) is 13.8. The number of ether oxygens (including phenoxy) is 1. The van der Waals surface area contributed by atoms with E-state index < -0.39 is 0 Å². The zero-order valence-corrected chi connectivity index (χ0v) is 13.2. The van der Waals surface area contributed by atoms with Crippen molar-refractivity contribution in [3.63, 3.8) is 0 Å². The first-order valence-corrected chi connectivity index (χ1v) is 7.83. The monoisotopic (exact) mass is 316 g/mol. The van der Waals surface area contributed by atoms with Crippen LogP contribution in [0.4, 0.5) is 0 Å². The Balaban J connectivity index is 1.88. The van der Waals surface area contributed by atoms with Crippen LogP contribution in [0.25, 0.3) is 33.4 Å². The number of nitrogens with zero attached hydrogens (tertiary/aromatic N) is 3. The average Bonchev–Trinajstić information content (AvgIpc) is 3.11. The van der Waals surface area contributed by atoms with Gasteiger partial charge in [-0.15, -0.1) is 0 Å². The highest BCUT2D eigenvalue weighted by molar-refractivity contribution is 5.97. The number of fused-ring (bicyclic) bond motifs is 1. The summed E-state index contributed by atoms with van der Waals surface area (Å²) >= 11 is 0. The van der Waals surface area contributed by atoms with E-state index in [9.17, 15) is 0 Å². The normalized spacial score (nSPS) is 10.9. The number of H-pyrrole nitrogens is 1. The van der Waals surface area contributed by atoms with Crippen LogP contribution in [0.15, 0.2) is 61.1 Å². The molecule has 0 aliphatic carbocycles. The lowest BCUT2D eigenvalue weighted by molar-refractivity contribution is 0.340. The van der Waals surface area contributed by atoms with Gasteiger partial charge in [-0.05, 0) is 42.8 Å². The molecule has 3 heterocycles. The molecule has 0 atom stereocenters. The zero-order chi connectivity index (χ0) is 16.4. The number of hydrogen-bond donors (Lipinski definition) is 1. The van der Waals surface area contributed by atoms with Crippen molar-refractivity contribution in [2.75, 3.05) is 6.61 Å². The fraction of sp³-hybridized carbons (Fsp3) is 0.105. The number of hydrogen-bond acceptors (Lipinski definition) is 4. The molecule has 0 saturated heterocycles. The van der Waals surface area contributed by atoms with E-state index in [1.54, 1.807) is 6.20 Å². The molecule has 4 aromatic rings. The fourth-order valence-corrected chi connectivity index (χ4v) is 2.82. The van der Waals surface area contributed by atoms with Crippen LogP contribution < -0.4 is 4.74 Å². The van der Waals surface area contributed by atoms with Gasteiger partial charge in [-0.1, -0.05) is 6.07 Å². The summed E-state index contributed by atoms with van der Waals surface area (Å²) in [6.07, 6.45) is 5.41. The fourth-order valence-electron chi connectivity index (χ4n) is 2.82. The highest BCUT2D eigenvalue weighted by Gasteiger charge is 2.14. The van der Waals surface area contributed by atoms with Gasteiger partial charge in [0, 0.05) is 29.4 Å². The van der Waals surface area contributed by atoms with Crippen molar-refractivity contribution in [3.05, 3.63) is 61.1 Å². The number of nitrogens with one attached hydrogen (secondary N) is 1. The van der Waals surface area contributed by atoms with Crippen molar-refractivity contribution in [2.45, 2.75) is 6.92 Å². The van der Waals surface area contributed by atoms with E-state index in [0.29, 0.717) is 6.61 Å². The lowest BCUT2D eigenvalue weighted by Gasteiger charge is -2.09. The summed E-state index contributed by atoms with van der Waals surface area (Å²) in [5, 5.41) is 8.33. The van der Waals surface area contributed by atoms with Crippen molar-refractivity contribution in [2.24, 2.45) is 0 Å². The van der Waals surface area contributed by atoms with Crippen LogP contribution in [0.3, 0.4) is 0 Å². The molecule has 24 heavy (non-hydrogen) atoms. The van der Waals surface area contributed by atoms with E-state index in [0.717, 1.165) is 39.2 Å². The molecule has 3 aromatic heterocycles. The molecular weight excluding hydrogens is 300 g/mol. The van der Waals surface area contributed by atoms with Crippen LogP contribution >= 0.6 is 0 Å². The highest BCUT2D eigenvalue weighted by atomic mass is 16.5. The third-order valence-corrected chi connectivity index (χ3v) is 3.88. The zero-order valence-electron chi connectivity index (χ0n) is 13.2. The van der Waals surface area contributed by atoms with E-state index >= 15 is 0 Å². The quantitative estimate of drug-likeness (QED) is 0.616. The molecule has 0 amide bonds. The van der Waals surface area contributed by atoms with Crippen LogP contribution in [0.2, 0.25) is 0 Å². The predicted molar refractivity (Wildman–Crippen MR) is 93.7 cm³/mol. The molecule has 1 aromatic carbocycles. The molecule has 0 unspecified atom stereocenters. The molecule has 4 rings (SSSR count). The second-order valence-corrected chi connectivity index (χ2v) is 5.34. The molecule has 0 saturated carbocycles. The number of rotatable bonds is 4. The Bertz CT molecular complexity index is 979. The third kappa shape index (κ3) is 2.50. The van der Waals surface area contributed by atoms with Gasteiger partial charge in [0.05, 0.1) is 29.7 Å². The minimum absolute atomic E-state index is 0.636. The van der Waals surface area contributed by atoms with Gasteiger partial charge in [0.25, 0.3) is 0 Å². The van der Waals surface area contributed by atoms with Crippen LogP contribution in [0.5, 0.6) is 5.75 Å². The number of pyridine rings is 2. The summed E-state index contributed by atoms with van der Waals surface area (Å²) < 4.78 is 5.57. The predicted octanol–water partition coefficient (Wildman–Crippen LogP) is 4.09. The summed E-state index contributed by atoms with van der Waals surface area (Å²) in [7, 11) is 0. The molecule has 0 radical (unpaired) electrons. The molecule has 5 heteroatoms. The van der Waals surface area contributed by atoms with Gasteiger partial charge in [-0.3, -0.25) is 15.1 Å². The first-order chi connectivity index (χ1) is 11.9. The SMILES string of the molecule is CCOc1ccc2c(-c3cn[nH]c3-c3ccccn3)ccnc2c1. The Labute approximate surface area is 139 Å². The highest BCUT2D eigenvalue weighted by Crippen LogP contribution is 2.34. The minimum atomic E-state index is 0.636. The summed E-state index contributed by atoms with van der Waals surface area (Å²) in [5.41, 5.74) is 4.73. The van der Waals surface area contributed by atoms with E-state index in [1.165, 1.54) is 0 Å². The lowest BCUT2D eigenvalue weighted by atomic mass is 10.0. The summed E-state index contributed by atoms with van der Waals surface area (Å²) in [4.78, 5) is 8.89. The third-order valence-electron chi connectivity index (χ3n) is 3.88. The Morgan fingerprint density at radius 2 is 1.96 bits per heavy atom. The van der Waals surface area contributed by atoms with Gasteiger partial charge in [0.2, 0.25) is 0 Å². The molecule has 0 spiro atoms. The molecule has 1 N–H and O–H groups in total. The van der Waals surface area contributed by atoms with E-state index in [1.807, 2.05) is 61.8 Å². The van der Waals surface area contributed by atoms with Crippen LogP contribution in [0.1, 0.15) is 6.92 Å². The smallest absolute Gasteiger partial charge is 0.121 e. The van der Waals surface area contributed by atoms with Gasteiger partial charge in [0.1, 0.15) is 5.75 Å². The first-order valence-electron chi connectivity index (χ1n) is 7.83. The molecule has 0 bridgehead atoms. The van der Waals surface area contributed by atoms with Crippen molar-refractivity contribution < 1.29 is 4.74 Å². The Hall–Kier alpha value is -3.21. The second kappa shape index (κ2) is 6.12. The molecular formula is C19H16N4O. The van der Waals surface area contributed by atoms with Gasteiger partial charge < -0.3 is 4.74 Å². The average molecular weight is 316 g/mol. The standard InChI is InChI=1S/C19H16N4O/c1-2-24-13-6-7-15-14(8-10-21-18(15)11-13)16-12-22-23-19(16)17-5-3-4-9-20-17/h3-12H,2H2,1H3,(H,22,23). The first kappa shape index (κ1) is 14.4. The molecule has 0 aliphatic rings. The Morgan fingerprint density at radius 3 is 2.79 bits per heavy atom. The molecule has 118 valence electrons. The van der Waals surface area contributed by atoms with Gasteiger partial charge in [-0.25, -0.2) is 0 Å². The second-order valence-electron chi connectivity index (χ2n) is 5.34. The van der Waals surface area contributed by atoms with Crippen molar-refractivity contribution in [3.8, 4) is 28.3 Å². The molecule has 0 fully saturated rings. The summed E-state index contributed by atoms with van der Waals surface area (Å²) in [5.74, 6) is 0.826. The van der Waals surface area contributed by atoms with Crippen molar-refractivity contribution >= 4 is 10.9 Å². The minimum Gasteiger partial charge on any atom is -0.494 e. The Morgan fingerprint density at radius 1 is 1.00 bits per heavy atom. The van der Waals surface area contributed by atoms with Crippen LogP contribution in [0, 0.1) is 0 Å². The topological polar surface area (TPSA) is 63.7 Å².